The number of fused-ring (bicyclic) bond motifs is 6. The molecule has 1 unspecified atom stereocenters. The van der Waals surface area contributed by atoms with Crippen LogP contribution in [0.1, 0.15) is 95.7 Å². The summed E-state index contributed by atoms with van der Waals surface area (Å²) >= 11 is -2.23. The molecule has 5 heterocycles. The quantitative estimate of drug-likeness (QED) is 0.107. The van der Waals surface area contributed by atoms with Gasteiger partial charge in [-0.2, -0.15) is 0 Å². The van der Waals surface area contributed by atoms with Gasteiger partial charge in [0.2, 0.25) is 0 Å². The molecule has 15 heteroatoms. The fourth-order valence-corrected chi connectivity index (χ4v) is 18.2. The zero-order valence-electron chi connectivity index (χ0n) is 43.5. The number of pyridine rings is 1. The third-order valence-electron chi connectivity index (χ3n) is 15.3. The van der Waals surface area contributed by atoms with Crippen molar-refractivity contribution in [2.75, 3.05) is 54.5 Å². The van der Waals surface area contributed by atoms with Crippen molar-refractivity contribution in [2.45, 2.75) is 115 Å². The van der Waals surface area contributed by atoms with Gasteiger partial charge < -0.3 is 9.64 Å². The zero-order chi connectivity index (χ0) is 51.1. The normalized spacial score (nSPS) is 23.1. The Balaban J connectivity index is 1.19. The third kappa shape index (κ3) is 10.8. The van der Waals surface area contributed by atoms with Gasteiger partial charge in [-0.15, -0.1) is 0 Å². The van der Waals surface area contributed by atoms with Crippen molar-refractivity contribution in [1.82, 2.24) is 34.7 Å². The summed E-state index contributed by atoms with van der Waals surface area (Å²) in [6.45, 7) is 18.9. The number of aromatic nitrogens is 2. The molecule has 3 fully saturated rings. The Morgan fingerprint density at radius 2 is 1.79 bits per heavy atom. The first-order valence-electron chi connectivity index (χ1n) is 25.5. The van der Waals surface area contributed by atoms with Gasteiger partial charge in [-0.25, -0.2) is 0 Å². The van der Waals surface area contributed by atoms with E-state index in [1.807, 2.05) is 27.0 Å². The second kappa shape index (κ2) is 21.3. The standard InChI is InChI=1S/C42H52N5O4.C14H21N2O3.In/c1-8-46-36-15-14-31-21-32(36)34(38(46)33-20-29(25-45(5)6)24-43-37(33)27(2)50-7)23-41(3,4)26-51-39(48)35-13-10-18-47(44-35)40(49)42(16-17-42)22-28-11-9-12-30(31)19-28;1-5-13(18)16-7-6-11(8-16)14(19)15(4)12(9-17)10(2)3;/h9,11-12,14-16,19-21,24,27,35,44H,8,10,13,17-18,22-23,25-26H2,1-7H3;5,10-12H,1,6-8H2,2-4H3;/t27-,35-,42-;11-,12+;/m00./s1. The number of likely N-dealkylation sites (N-methyl/N-ethyl adjacent to an activating group) is 1. The van der Waals surface area contributed by atoms with Crippen LogP contribution in [0.2, 0.25) is 3.67 Å². The molecule has 4 aromatic rings. The van der Waals surface area contributed by atoms with E-state index in [4.69, 9.17) is 14.5 Å². The molecule has 6 atom stereocenters. The number of methoxy groups -OCH3 is 1. The molecule has 8 rings (SSSR count). The molecule has 377 valence electrons. The summed E-state index contributed by atoms with van der Waals surface area (Å²) in [7, 11) is 7.55. The number of hydrogen-bond acceptors (Lipinski definition) is 10. The number of ether oxygens (including phenoxy) is 2. The van der Waals surface area contributed by atoms with Gasteiger partial charge in [0, 0.05) is 19.9 Å². The van der Waals surface area contributed by atoms with Crippen LogP contribution in [-0.2, 0) is 59.4 Å². The Morgan fingerprint density at radius 1 is 1.03 bits per heavy atom. The van der Waals surface area contributed by atoms with Crippen molar-refractivity contribution >= 4 is 61.0 Å². The maximum absolute atomic E-state index is 15.2. The van der Waals surface area contributed by atoms with Crippen LogP contribution in [0.5, 0.6) is 0 Å². The number of amides is 3. The van der Waals surface area contributed by atoms with E-state index in [1.165, 1.54) is 6.08 Å². The summed E-state index contributed by atoms with van der Waals surface area (Å²) in [4.78, 5) is 80.7. The minimum absolute atomic E-state index is 0.0831. The number of nitrogens with zero attached hydrogens (tertiary/aromatic N) is 6. The van der Waals surface area contributed by atoms with E-state index < -0.39 is 45.8 Å². The zero-order valence-corrected chi connectivity index (χ0v) is 46.8. The van der Waals surface area contributed by atoms with Crippen molar-refractivity contribution in [2.24, 2.45) is 22.7 Å². The summed E-state index contributed by atoms with van der Waals surface area (Å²) in [5.74, 6) is -1.31. The van der Waals surface area contributed by atoms with E-state index in [1.54, 1.807) is 29.0 Å². The van der Waals surface area contributed by atoms with Gasteiger partial charge >= 0.3 is 348 Å². The number of esters is 1. The number of likely N-dealkylation sites (tertiary alicyclic amines) is 1. The fourth-order valence-electron chi connectivity index (χ4n) is 11.6. The van der Waals surface area contributed by atoms with Crippen LogP contribution < -0.4 is 5.43 Å². The van der Waals surface area contributed by atoms with Gasteiger partial charge in [-0.3, -0.25) is 4.98 Å². The number of carbonyl (C=O) groups excluding carboxylic acids is 5. The first-order valence-corrected chi connectivity index (χ1v) is 29.1. The molecule has 1 saturated carbocycles. The number of benzene rings is 2. The number of aryl methyl sites for hydroxylation is 1. The summed E-state index contributed by atoms with van der Waals surface area (Å²) in [5, 5.41) is 2.76. The Labute approximate surface area is 431 Å². The Hall–Kier alpha value is -4.83. The van der Waals surface area contributed by atoms with E-state index in [0.717, 1.165) is 62.2 Å². The molecule has 4 aliphatic rings. The second-order valence-corrected chi connectivity index (χ2v) is 26.8. The summed E-state index contributed by atoms with van der Waals surface area (Å²) in [6.07, 6.45) is 6.28. The van der Waals surface area contributed by atoms with Crippen molar-refractivity contribution in [1.29, 1.82) is 0 Å². The minimum atomic E-state index is -2.23. The number of nitrogens with one attached hydrogen (secondary N) is 1. The van der Waals surface area contributed by atoms with Crippen LogP contribution in [0.4, 0.5) is 0 Å². The third-order valence-corrected chi connectivity index (χ3v) is 20.9. The van der Waals surface area contributed by atoms with Crippen LogP contribution in [0.25, 0.3) is 33.3 Å². The summed E-state index contributed by atoms with van der Waals surface area (Å²) in [6, 6.07) is 16.1. The van der Waals surface area contributed by atoms with Gasteiger partial charge in [0.1, 0.15) is 0 Å². The molecule has 3 aliphatic heterocycles. The predicted octanol–water partition coefficient (Wildman–Crippen LogP) is 7.25. The van der Waals surface area contributed by atoms with Crippen molar-refractivity contribution < 1.29 is 33.4 Å². The molecule has 6 bridgehead atoms. The molecular formula is C56H73InN7O7. The van der Waals surface area contributed by atoms with Gasteiger partial charge in [0.15, 0.2) is 0 Å². The van der Waals surface area contributed by atoms with E-state index in [9.17, 15) is 19.2 Å². The monoisotopic (exact) mass is 1070 g/mol. The number of carbonyl (C=O) groups is 5. The van der Waals surface area contributed by atoms with Gasteiger partial charge in [0.25, 0.3) is 0 Å². The van der Waals surface area contributed by atoms with Crippen LogP contribution in [0, 0.1) is 22.7 Å². The van der Waals surface area contributed by atoms with Crippen molar-refractivity contribution in [3.8, 4) is 22.4 Å². The SMILES string of the molecule is C=CC(=O)N1CC[C@H](C(=O)N(C)[C@H]([C](=O)[In][CH]2C[C@]23Cc2cccc(c2)-c2ccc4c(c2)c(c(-c2cc(CN(C)C)cnc2[C@H](C)OC)n4CC)CC(C)(C)COC(=O)[C@@H]2CCCN(N2)C3=O)C(C)C)C1. The number of hydrazine groups is 1. The van der Waals surface area contributed by atoms with Crippen molar-refractivity contribution in [3.63, 3.8) is 0 Å². The Bertz CT molecular complexity index is 2710. The number of cyclic esters (lactones) is 1. The summed E-state index contributed by atoms with van der Waals surface area (Å²) < 4.78 is 14.6. The Kier molecular flexibility index (Phi) is 15.8. The topological polar surface area (TPSA) is 147 Å². The van der Waals surface area contributed by atoms with Crippen LogP contribution in [0.3, 0.4) is 0 Å². The van der Waals surface area contributed by atoms with E-state index in [0.29, 0.717) is 64.7 Å². The molecule has 14 nitrogen and oxygen atoms in total. The second-order valence-electron chi connectivity index (χ2n) is 21.9. The molecule has 1 spiro atoms. The molecule has 3 amide bonds. The average Bonchev–Trinajstić information content (AvgIpc) is 3.64. The van der Waals surface area contributed by atoms with Crippen LogP contribution >= 0.6 is 0 Å². The first-order chi connectivity index (χ1) is 33.8. The van der Waals surface area contributed by atoms with E-state index >= 15 is 4.79 Å². The summed E-state index contributed by atoms with van der Waals surface area (Å²) in [5.41, 5.74) is 11.4. The first kappa shape index (κ1) is 52.5. The maximum atomic E-state index is 15.2. The molecule has 2 aromatic heterocycles. The predicted molar refractivity (Wildman–Crippen MR) is 277 cm³/mol. The molecule has 1 aliphatic carbocycles. The molecule has 1 N–H and O–H groups in total. The van der Waals surface area contributed by atoms with Crippen molar-refractivity contribution in [3.05, 3.63) is 89.8 Å². The molecular weight excluding hydrogens is 997 g/mol. The van der Waals surface area contributed by atoms with Gasteiger partial charge in [-0.1, -0.05) is 0 Å². The molecule has 2 aromatic carbocycles. The number of hydrogen-bond donors (Lipinski definition) is 1. The van der Waals surface area contributed by atoms with E-state index in [-0.39, 0.29) is 55.5 Å². The van der Waals surface area contributed by atoms with Crippen LogP contribution in [0.15, 0.2) is 67.4 Å². The molecule has 2 saturated heterocycles. The fraction of sp³-hybridized carbons (Fsp3) is 0.536. The Morgan fingerprint density at radius 3 is 2.49 bits per heavy atom. The van der Waals surface area contributed by atoms with Gasteiger partial charge in [0.05, 0.1) is 11.8 Å². The number of rotatable bonds is 13. The molecule has 1 radical (unpaired) electrons. The van der Waals surface area contributed by atoms with Gasteiger partial charge in [-0.05, 0) is 39.6 Å². The average molecular weight is 1070 g/mol. The van der Waals surface area contributed by atoms with E-state index in [2.05, 4.69) is 105 Å². The molecule has 71 heavy (non-hydrogen) atoms. The van der Waals surface area contributed by atoms with Crippen LogP contribution in [-0.4, -0.2) is 146 Å².